The molecule has 2 saturated heterocycles. The second-order valence-corrected chi connectivity index (χ2v) is 6.90. The molecule has 144 valence electrons. The van der Waals surface area contributed by atoms with Crippen molar-refractivity contribution in [2.24, 2.45) is 11.7 Å². The number of carboxylic acids is 1. The summed E-state index contributed by atoms with van der Waals surface area (Å²) in [4.78, 5) is 50.6. The van der Waals surface area contributed by atoms with Gasteiger partial charge in [-0.2, -0.15) is 0 Å². The van der Waals surface area contributed by atoms with E-state index in [2.05, 4.69) is 11.9 Å². The largest absolute Gasteiger partial charge is 1.00 e. The Hall–Kier alpha value is -2.62. The smallest absolute Gasteiger partial charge is 0.543 e. The van der Waals surface area contributed by atoms with Crippen LogP contribution in [0.15, 0.2) is 48.2 Å². The molecule has 9 nitrogen and oxygen atoms in total. The zero-order chi connectivity index (χ0) is 20.2. The molecule has 1 aromatic rings. The molecule has 0 aromatic heterocycles. The fourth-order valence-corrected chi connectivity index (χ4v) is 4.32. The van der Waals surface area contributed by atoms with Crippen LogP contribution in [0.3, 0.4) is 0 Å². The van der Waals surface area contributed by atoms with E-state index in [0.29, 0.717) is 29.8 Å². The number of nitrogens with one attached hydrogen (secondary N) is 1. The SMILES string of the molecule is C=CC1=C(C(=O)[O-])N2C(=O)[C@@H]3[C@H]2C1CCN3C(=O)Nc1ccc(C(N)=O)cc1.[Na+]. The summed E-state index contributed by atoms with van der Waals surface area (Å²) < 4.78 is 0. The molecule has 4 amide bonds. The second kappa shape index (κ2) is 7.66. The molecule has 0 spiro atoms. The number of anilines is 1. The third-order valence-electron chi connectivity index (χ3n) is 5.55. The molecular weight excluding hydrogens is 387 g/mol. The molecule has 29 heavy (non-hydrogen) atoms. The van der Waals surface area contributed by atoms with Crippen LogP contribution in [0.4, 0.5) is 10.5 Å². The number of rotatable bonds is 4. The molecular formula is C19H17N4NaO5. The minimum absolute atomic E-state index is 0. The predicted octanol–water partition coefficient (Wildman–Crippen LogP) is -3.57. The predicted molar refractivity (Wildman–Crippen MR) is 95.4 cm³/mol. The standard InChI is InChI=1S/C19H18N4O5.Na/c1-2-11-12-7-8-22(15-13(12)23(17(15)25)14(11)18(26)27)19(28)21-10-5-3-9(4-6-10)16(20)24;/h2-6,12-13,15H,1,7-8H2,(H2,20,24)(H,21,28)(H,26,27);/q;+1/p-1/t12?,13-,15+;/m1./s1. The summed E-state index contributed by atoms with van der Waals surface area (Å²) in [6.45, 7) is 3.96. The summed E-state index contributed by atoms with van der Waals surface area (Å²) >= 11 is 0. The van der Waals surface area contributed by atoms with Crippen LogP contribution in [-0.4, -0.2) is 52.2 Å². The summed E-state index contributed by atoms with van der Waals surface area (Å²) in [6, 6.07) is 4.46. The number of amides is 4. The number of piperidine rings is 1. The van der Waals surface area contributed by atoms with Crippen LogP contribution in [0.1, 0.15) is 16.8 Å². The third-order valence-corrected chi connectivity index (χ3v) is 5.55. The molecule has 0 aliphatic carbocycles. The van der Waals surface area contributed by atoms with E-state index < -0.39 is 35.9 Å². The number of allylic oxidation sites excluding steroid dienone is 1. The molecule has 3 heterocycles. The van der Waals surface area contributed by atoms with E-state index in [1.165, 1.54) is 28.0 Å². The summed E-state index contributed by atoms with van der Waals surface area (Å²) in [5, 5.41) is 14.2. The fraction of sp³-hybridized carbons (Fsp3) is 0.263. The van der Waals surface area contributed by atoms with Crippen molar-refractivity contribution in [2.75, 3.05) is 11.9 Å². The zero-order valence-corrected chi connectivity index (χ0v) is 17.8. The van der Waals surface area contributed by atoms with E-state index in [-0.39, 0.29) is 41.2 Å². The number of hydrogen-bond donors (Lipinski definition) is 2. The van der Waals surface area contributed by atoms with Gasteiger partial charge in [0.25, 0.3) is 5.91 Å². The Balaban J connectivity index is 0.00000240. The van der Waals surface area contributed by atoms with Gasteiger partial charge in [-0.3, -0.25) is 9.59 Å². The number of primary amides is 1. The Morgan fingerprint density at radius 2 is 1.90 bits per heavy atom. The number of carbonyl (C=O) groups is 4. The van der Waals surface area contributed by atoms with Crippen molar-refractivity contribution in [3.8, 4) is 0 Å². The van der Waals surface area contributed by atoms with Crippen LogP contribution in [0.2, 0.25) is 0 Å². The maximum atomic E-state index is 12.7. The average Bonchev–Trinajstić information content (AvgIpc) is 3.00. The van der Waals surface area contributed by atoms with Gasteiger partial charge in [-0.05, 0) is 36.3 Å². The van der Waals surface area contributed by atoms with Gasteiger partial charge in [-0.1, -0.05) is 12.7 Å². The number of hydrogen-bond acceptors (Lipinski definition) is 5. The van der Waals surface area contributed by atoms with Crippen molar-refractivity contribution < 1.29 is 53.8 Å². The zero-order valence-electron chi connectivity index (χ0n) is 15.8. The molecule has 2 fully saturated rings. The van der Waals surface area contributed by atoms with E-state index in [1.807, 2.05) is 0 Å². The molecule has 3 aliphatic heterocycles. The number of nitrogens with two attached hydrogens (primary N) is 1. The number of carbonyl (C=O) groups excluding carboxylic acids is 4. The van der Waals surface area contributed by atoms with E-state index in [4.69, 9.17) is 5.73 Å². The van der Waals surface area contributed by atoms with Gasteiger partial charge in [-0.15, -0.1) is 0 Å². The van der Waals surface area contributed by atoms with Crippen molar-refractivity contribution in [1.29, 1.82) is 0 Å². The maximum absolute atomic E-state index is 12.7. The number of urea groups is 1. The van der Waals surface area contributed by atoms with Crippen LogP contribution in [-0.2, 0) is 9.59 Å². The van der Waals surface area contributed by atoms with Gasteiger partial charge in [-0.25, -0.2) is 4.79 Å². The minimum atomic E-state index is -1.42. The van der Waals surface area contributed by atoms with Crippen LogP contribution in [0.5, 0.6) is 0 Å². The van der Waals surface area contributed by atoms with E-state index in [9.17, 15) is 24.3 Å². The number of β-lactam (4-membered cyclic amide) rings is 1. The Morgan fingerprint density at radius 3 is 2.45 bits per heavy atom. The van der Waals surface area contributed by atoms with Crippen molar-refractivity contribution in [3.63, 3.8) is 0 Å². The van der Waals surface area contributed by atoms with Crippen LogP contribution in [0, 0.1) is 5.92 Å². The normalized spacial score (nSPS) is 24.3. The monoisotopic (exact) mass is 404 g/mol. The number of benzene rings is 1. The molecule has 3 aliphatic rings. The minimum Gasteiger partial charge on any atom is -0.543 e. The van der Waals surface area contributed by atoms with Crippen LogP contribution < -0.4 is 45.7 Å². The molecule has 10 heteroatoms. The van der Waals surface area contributed by atoms with Gasteiger partial charge in [0.05, 0.1) is 17.7 Å². The first-order valence-corrected chi connectivity index (χ1v) is 8.73. The fourth-order valence-electron chi connectivity index (χ4n) is 4.32. The quantitative estimate of drug-likeness (QED) is 0.395. The van der Waals surface area contributed by atoms with Gasteiger partial charge >= 0.3 is 35.6 Å². The number of nitrogens with zero attached hydrogens (tertiary/aromatic N) is 2. The Bertz CT molecular complexity index is 958. The summed E-state index contributed by atoms with van der Waals surface area (Å²) in [7, 11) is 0. The molecule has 0 bridgehead atoms. The van der Waals surface area contributed by atoms with Gasteiger partial charge < -0.3 is 30.8 Å². The van der Waals surface area contributed by atoms with Crippen molar-refractivity contribution >= 4 is 29.5 Å². The topological polar surface area (TPSA) is 136 Å². The molecule has 1 aromatic carbocycles. The first kappa shape index (κ1) is 21.1. The first-order chi connectivity index (χ1) is 13.3. The number of carboxylic acid groups (broad SMARTS) is 1. The molecule has 4 rings (SSSR count). The molecule has 1 unspecified atom stereocenters. The van der Waals surface area contributed by atoms with Gasteiger partial charge in [0.15, 0.2) is 0 Å². The van der Waals surface area contributed by atoms with E-state index in [1.54, 1.807) is 12.1 Å². The van der Waals surface area contributed by atoms with Crippen molar-refractivity contribution in [3.05, 3.63) is 53.8 Å². The number of aliphatic carboxylic acids is 1. The van der Waals surface area contributed by atoms with Gasteiger partial charge in [0.1, 0.15) is 6.04 Å². The molecule has 0 saturated carbocycles. The average molecular weight is 404 g/mol. The van der Waals surface area contributed by atoms with Gasteiger partial charge in [0.2, 0.25) is 5.91 Å². The maximum Gasteiger partial charge on any atom is 1.00 e. The Morgan fingerprint density at radius 1 is 1.24 bits per heavy atom. The molecule has 3 atom stereocenters. The van der Waals surface area contributed by atoms with Crippen LogP contribution >= 0.6 is 0 Å². The first-order valence-electron chi connectivity index (χ1n) is 8.73. The van der Waals surface area contributed by atoms with Gasteiger partial charge in [0, 0.05) is 23.7 Å². The van der Waals surface area contributed by atoms with Crippen molar-refractivity contribution in [1.82, 2.24) is 9.80 Å². The summed E-state index contributed by atoms with van der Waals surface area (Å²) in [5.74, 6) is -2.60. The second-order valence-electron chi connectivity index (χ2n) is 6.90. The summed E-state index contributed by atoms with van der Waals surface area (Å²) in [6.07, 6.45) is 1.96. The molecule has 3 N–H and O–H groups in total. The number of likely N-dealkylation sites (tertiary alicyclic amines) is 1. The Labute approximate surface area is 188 Å². The van der Waals surface area contributed by atoms with E-state index in [0.717, 1.165) is 0 Å². The summed E-state index contributed by atoms with van der Waals surface area (Å²) in [5.41, 5.74) is 6.30. The van der Waals surface area contributed by atoms with Crippen LogP contribution in [0.25, 0.3) is 0 Å². The third kappa shape index (κ3) is 3.15. The molecule has 0 radical (unpaired) electrons. The van der Waals surface area contributed by atoms with Crippen molar-refractivity contribution in [2.45, 2.75) is 18.5 Å². The van der Waals surface area contributed by atoms with E-state index >= 15 is 0 Å². The Kier molecular flexibility index (Phi) is 5.57.